The first kappa shape index (κ1) is 7.73. The van der Waals surface area contributed by atoms with Crippen molar-refractivity contribution < 1.29 is 4.52 Å². The second-order valence-electron chi connectivity index (χ2n) is 3.42. The van der Waals surface area contributed by atoms with Gasteiger partial charge in [-0.1, -0.05) is 12.1 Å². The van der Waals surface area contributed by atoms with Gasteiger partial charge in [0.05, 0.1) is 6.04 Å². The van der Waals surface area contributed by atoms with Crippen LogP contribution < -0.4 is 5.32 Å². The summed E-state index contributed by atoms with van der Waals surface area (Å²) >= 11 is 0. The zero-order valence-electron chi connectivity index (χ0n) is 7.16. The molecule has 0 saturated carbocycles. The van der Waals surface area contributed by atoms with Crippen LogP contribution in [0, 0.1) is 5.92 Å². The average molecular weight is 167 g/mol. The summed E-state index contributed by atoms with van der Waals surface area (Å²) in [6, 6.07) is 0.274. The lowest BCUT2D eigenvalue weighted by Crippen LogP contribution is -2.30. The SMILES string of the molecule is CC1CCNC(c2ncno2)C1. The highest BCUT2D eigenvalue weighted by atomic mass is 16.5. The summed E-state index contributed by atoms with van der Waals surface area (Å²) in [6.45, 7) is 3.30. The van der Waals surface area contributed by atoms with E-state index in [2.05, 4.69) is 22.4 Å². The van der Waals surface area contributed by atoms with Gasteiger partial charge in [0, 0.05) is 0 Å². The largest absolute Gasteiger partial charge is 0.338 e. The van der Waals surface area contributed by atoms with Gasteiger partial charge in [-0.25, -0.2) is 0 Å². The molecule has 1 N–H and O–H groups in total. The Morgan fingerprint density at radius 1 is 1.67 bits per heavy atom. The number of nitrogens with zero attached hydrogens (tertiary/aromatic N) is 2. The Bertz CT molecular complexity index is 234. The van der Waals surface area contributed by atoms with Gasteiger partial charge >= 0.3 is 0 Å². The summed E-state index contributed by atoms with van der Waals surface area (Å²) in [4.78, 5) is 4.03. The van der Waals surface area contributed by atoms with Crippen molar-refractivity contribution in [3.05, 3.63) is 12.2 Å². The number of nitrogens with one attached hydrogen (secondary N) is 1. The van der Waals surface area contributed by atoms with Crippen LogP contribution in [0.25, 0.3) is 0 Å². The molecule has 0 radical (unpaired) electrons. The Hall–Kier alpha value is -0.900. The molecule has 0 aromatic carbocycles. The Labute approximate surface area is 71.4 Å². The van der Waals surface area contributed by atoms with Crippen molar-refractivity contribution in [3.63, 3.8) is 0 Å². The van der Waals surface area contributed by atoms with Crippen LogP contribution in [0.5, 0.6) is 0 Å². The molecule has 1 aromatic heterocycles. The highest BCUT2D eigenvalue weighted by Gasteiger charge is 2.23. The van der Waals surface area contributed by atoms with E-state index < -0.39 is 0 Å². The fourth-order valence-corrected chi connectivity index (χ4v) is 1.63. The fraction of sp³-hybridized carbons (Fsp3) is 0.750. The molecule has 0 spiro atoms. The summed E-state index contributed by atoms with van der Waals surface area (Å²) in [5.74, 6) is 1.48. The summed E-state index contributed by atoms with van der Waals surface area (Å²) in [7, 11) is 0. The molecular formula is C8H13N3O. The molecule has 12 heavy (non-hydrogen) atoms. The van der Waals surface area contributed by atoms with Crippen LogP contribution in [0.3, 0.4) is 0 Å². The Morgan fingerprint density at radius 3 is 3.25 bits per heavy atom. The topological polar surface area (TPSA) is 51.0 Å². The van der Waals surface area contributed by atoms with Crippen LogP contribution in [0.4, 0.5) is 0 Å². The average Bonchev–Trinajstić information content (AvgIpc) is 2.56. The summed E-state index contributed by atoms with van der Waals surface area (Å²) in [5.41, 5.74) is 0. The number of hydrogen-bond acceptors (Lipinski definition) is 4. The minimum atomic E-state index is 0.274. The Kier molecular flexibility index (Phi) is 2.08. The molecule has 66 valence electrons. The van der Waals surface area contributed by atoms with E-state index in [4.69, 9.17) is 4.52 Å². The van der Waals surface area contributed by atoms with Crippen LogP contribution in [-0.4, -0.2) is 16.7 Å². The van der Waals surface area contributed by atoms with Crippen molar-refractivity contribution >= 4 is 0 Å². The molecule has 0 amide bonds. The molecule has 2 atom stereocenters. The molecule has 0 aliphatic carbocycles. The van der Waals surface area contributed by atoms with E-state index in [0.717, 1.165) is 24.8 Å². The molecular weight excluding hydrogens is 154 g/mol. The van der Waals surface area contributed by atoms with Gasteiger partial charge in [-0.2, -0.15) is 4.98 Å². The normalized spacial score (nSPS) is 30.4. The molecule has 2 unspecified atom stereocenters. The first-order valence-corrected chi connectivity index (χ1v) is 4.36. The molecule has 1 fully saturated rings. The summed E-state index contributed by atoms with van der Waals surface area (Å²) in [6.07, 6.45) is 3.79. The number of hydrogen-bond donors (Lipinski definition) is 1. The van der Waals surface area contributed by atoms with Gasteiger partial charge in [0.2, 0.25) is 5.89 Å². The molecule has 2 rings (SSSR count). The third-order valence-corrected chi connectivity index (χ3v) is 2.34. The molecule has 1 aromatic rings. The number of piperidine rings is 1. The molecule has 1 aliphatic heterocycles. The summed E-state index contributed by atoms with van der Waals surface area (Å²) < 4.78 is 5.00. The zero-order chi connectivity index (χ0) is 8.39. The minimum absolute atomic E-state index is 0.274. The molecule has 1 aliphatic rings. The van der Waals surface area contributed by atoms with Gasteiger partial charge in [-0.3, -0.25) is 0 Å². The van der Waals surface area contributed by atoms with Gasteiger partial charge in [0.25, 0.3) is 0 Å². The van der Waals surface area contributed by atoms with Gasteiger partial charge in [-0.15, -0.1) is 0 Å². The third kappa shape index (κ3) is 1.48. The Morgan fingerprint density at radius 2 is 2.58 bits per heavy atom. The van der Waals surface area contributed by atoms with Crippen LogP contribution in [0.1, 0.15) is 31.7 Å². The minimum Gasteiger partial charge on any atom is -0.338 e. The van der Waals surface area contributed by atoms with Crippen molar-refractivity contribution in [3.8, 4) is 0 Å². The number of rotatable bonds is 1. The van der Waals surface area contributed by atoms with Crippen LogP contribution in [0.2, 0.25) is 0 Å². The lowest BCUT2D eigenvalue weighted by Gasteiger charge is -2.25. The predicted octanol–water partition coefficient (Wildman–Crippen LogP) is 1.13. The molecule has 1 saturated heterocycles. The van der Waals surface area contributed by atoms with Crippen molar-refractivity contribution in [1.29, 1.82) is 0 Å². The maximum Gasteiger partial charge on any atom is 0.243 e. The van der Waals surface area contributed by atoms with E-state index in [1.807, 2.05) is 0 Å². The standard InChI is InChI=1S/C8H13N3O/c1-6-2-3-9-7(4-6)8-10-5-11-12-8/h5-7,9H,2-4H2,1H3. The van der Waals surface area contributed by atoms with Crippen molar-refractivity contribution in [2.45, 2.75) is 25.8 Å². The van der Waals surface area contributed by atoms with E-state index >= 15 is 0 Å². The van der Waals surface area contributed by atoms with E-state index in [0.29, 0.717) is 0 Å². The first-order chi connectivity index (χ1) is 5.86. The van der Waals surface area contributed by atoms with Crippen LogP contribution >= 0.6 is 0 Å². The van der Waals surface area contributed by atoms with E-state index in [1.54, 1.807) is 0 Å². The molecule has 0 bridgehead atoms. The van der Waals surface area contributed by atoms with Gasteiger partial charge in [0.1, 0.15) is 0 Å². The van der Waals surface area contributed by atoms with E-state index in [-0.39, 0.29) is 6.04 Å². The lowest BCUT2D eigenvalue weighted by atomic mass is 9.94. The lowest BCUT2D eigenvalue weighted by molar-refractivity contribution is 0.259. The smallest absolute Gasteiger partial charge is 0.243 e. The maximum atomic E-state index is 5.00. The molecule has 2 heterocycles. The monoisotopic (exact) mass is 167 g/mol. The highest BCUT2D eigenvalue weighted by Crippen LogP contribution is 2.24. The third-order valence-electron chi connectivity index (χ3n) is 2.34. The van der Waals surface area contributed by atoms with Crippen LogP contribution in [0.15, 0.2) is 10.9 Å². The second-order valence-corrected chi connectivity index (χ2v) is 3.42. The zero-order valence-corrected chi connectivity index (χ0v) is 7.16. The van der Waals surface area contributed by atoms with Crippen molar-refractivity contribution in [2.75, 3.05) is 6.54 Å². The van der Waals surface area contributed by atoms with Crippen molar-refractivity contribution in [2.24, 2.45) is 5.92 Å². The van der Waals surface area contributed by atoms with Gasteiger partial charge in [0.15, 0.2) is 6.33 Å². The molecule has 4 heteroatoms. The fourth-order valence-electron chi connectivity index (χ4n) is 1.63. The Balaban J connectivity index is 2.04. The first-order valence-electron chi connectivity index (χ1n) is 4.36. The van der Waals surface area contributed by atoms with Gasteiger partial charge < -0.3 is 9.84 Å². The van der Waals surface area contributed by atoms with Crippen molar-refractivity contribution in [1.82, 2.24) is 15.5 Å². The number of aromatic nitrogens is 2. The predicted molar refractivity (Wildman–Crippen MR) is 43.4 cm³/mol. The second kappa shape index (κ2) is 3.23. The van der Waals surface area contributed by atoms with E-state index in [9.17, 15) is 0 Å². The summed E-state index contributed by atoms with van der Waals surface area (Å²) in [5, 5.41) is 6.95. The van der Waals surface area contributed by atoms with E-state index in [1.165, 1.54) is 12.7 Å². The quantitative estimate of drug-likeness (QED) is 0.681. The highest BCUT2D eigenvalue weighted by molar-refractivity contribution is 4.90. The van der Waals surface area contributed by atoms with Crippen LogP contribution in [-0.2, 0) is 0 Å². The van der Waals surface area contributed by atoms with Gasteiger partial charge in [-0.05, 0) is 25.3 Å². The maximum absolute atomic E-state index is 5.00. The molecule has 4 nitrogen and oxygen atoms in total.